The van der Waals surface area contributed by atoms with Gasteiger partial charge in [-0.3, -0.25) is 33.6 Å². The number of ketones is 1. The van der Waals surface area contributed by atoms with Crippen LogP contribution in [-0.4, -0.2) is 171 Å². The van der Waals surface area contributed by atoms with E-state index in [0.29, 0.717) is 41.9 Å². The molecule has 1 unspecified atom stereocenters. The van der Waals surface area contributed by atoms with Gasteiger partial charge in [0.1, 0.15) is 42.6 Å². The topological polar surface area (TPSA) is 246 Å². The van der Waals surface area contributed by atoms with Crippen LogP contribution in [0.1, 0.15) is 102 Å². The number of carbonyl (C=O) groups is 9. The molecule has 3 aromatic rings. The first-order valence-electron chi connectivity index (χ1n) is 26.7. The van der Waals surface area contributed by atoms with Gasteiger partial charge in [0.2, 0.25) is 29.4 Å². The van der Waals surface area contributed by atoms with E-state index in [0.717, 1.165) is 21.4 Å². The maximum atomic E-state index is 14.6. The van der Waals surface area contributed by atoms with Gasteiger partial charge in [0.15, 0.2) is 18.1 Å². The van der Waals surface area contributed by atoms with Gasteiger partial charge >= 0.3 is 11.9 Å². The molecular weight excluding hydrogens is 1030 g/mol. The number of hydrogen-bond donors (Lipinski definition) is 2. The molecule has 6 amide bonds. The molecule has 434 valence electrons. The second-order valence-electron chi connectivity index (χ2n) is 21.6. The Hall–Kier alpha value is -7.81. The van der Waals surface area contributed by atoms with Crippen molar-refractivity contribution in [2.75, 3.05) is 74.8 Å². The maximum Gasteiger partial charge on any atom is 0.330 e. The van der Waals surface area contributed by atoms with Crippen LogP contribution in [0.15, 0.2) is 84.9 Å². The van der Waals surface area contributed by atoms with Crippen LogP contribution in [0.4, 0.5) is 0 Å². The fourth-order valence-corrected chi connectivity index (χ4v) is 8.86. The van der Waals surface area contributed by atoms with Crippen molar-refractivity contribution in [2.24, 2.45) is 5.41 Å². The number of Topliss-reactive ketones (excluding diaryl/α,β-unsaturated/α-hetero) is 1. The minimum absolute atomic E-state index is 0.102. The van der Waals surface area contributed by atoms with E-state index < -0.39 is 114 Å². The Bertz CT molecular complexity index is 2720. The Morgan fingerprint density at radius 3 is 2.15 bits per heavy atom. The summed E-state index contributed by atoms with van der Waals surface area (Å²) in [5, 5.41) is 5.44. The molecule has 5 rings (SSSR count). The quantitative estimate of drug-likeness (QED) is 0.229. The van der Waals surface area contributed by atoms with Crippen LogP contribution in [-0.2, 0) is 63.8 Å². The zero-order chi connectivity index (χ0) is 58.9. The number of ether oxygens (including phenoxy) is 6. The largest absolute Gasteiger partial charge is 0.493 e. The number of aryl methyl sites for hydroxylation is 1. The van der Waals surface area contributed by atoms with Crippen LogP contribution in [0, 0.1) is 5.41 Å². The highest BCUT2D eigenvalue weighted by atomic mass is 16.5. The fraction of sp³-hybridized carbons (Fsp3) is 0.508. The fourth-order valence-electron chi connectivity index (χ4n) is 8.86. The number of hydrogen-bond acceptors (Lipinski definition) is 15. The Morgan fingerprint density at radius 1 is 0.762 bits per heavy atom. The molecule has 2 heterocycles. The van der Waals surface area contributed by atoms with Gasteiger partial charge in [0.05, 0.1) is 38.4 Å². The molecule has 0 aromatic heterocycles. The number of carbonyl (C=O) groups excluding carboxylic acids is 9. The minimum Gasteiger partial charge on any atom is -0.493 e. The molecule has 0 radical (unpaired) electrons. The number of amides is 6. The van der Waals surface area contributed by atoms with Crippen LogP contribution < -0.4 is 24.8 Å². The average molecular weight is 1110 g/mol. The lowest BCUT2D eigenvalue weighted by Gasteiger charge is -2.36. The number of likely N-dealkylation sites (N-methyl/N-ethyl adjacent to an activating group) is 3. The maximum absolute atomic E-state index is 14.6. The van der Waals surface area contributed by atoms with Gasteiger partial charge in [-0.15, -0.1) is 0 Å². The van der Waals surface area contributed by atoms with Gasteiger partial charge < -0.3 is 58.7 Å². The summed E-state index contributed by atoms with van der Waals surface area (Å²) in [4.78, 5) is 130. The van der Waals surface area contributed by atoms with E-state index in [-0.39, 0.29) is 44.7 Å². The first kappa shape index (κ1) is 63.0. The van der Waals surface area contributed by atoms with Gasteiger partial charge in [-0.1, -0.05) is 54.6 Å². The van der Waals surface area contributed by atoms with Crippen molar-refractivity contribution in [2.45, 2.75) is 116 Å². The Labute approximate surface area is 468 Å². The highest BCUT2D eigenvalue weighted by Crippen LogP contribution is 2.33. The summed E-state index contributed by atoms with van der Waals surface area (Å²) in [6.07, 6.45) is 3.83. The molecule has 2 bridgehead atoms. The average Bonchev–Trinajstić information content (AvgIpc) is 3.49. The first-order chi connectivity index (χ1) is 37.8. The molecule has 80 heavy (non-hydrogen) atoms. The predicted octanol–water partition coefficient (Wildman–Crippen LogP) is 4.70. The summed E-state index contributed by atoms with van der Waals surface area (Å²) in [7, 11) is 7.35. The summed E-state index contributed by atoms with van der Waals surface area (Å²) < 4.78 is 34.7. The van der Waals surface area contributed by atoms with Gasteiger partial charge in [-0.05, 0) is 121 Å². The Kier molecular flexibility index (Phi) is 22.8. The van der Waals surface area contributed by atoms with Gasteiger partial charge in [0.25, 0.3) is 11.8 Å². The highest BCUT2D eigenvalue weighted by molar-refractivity contribution is 6.38. The molecule has 1 fully saturated rings. The van der Waals surface area contributed by atoms with E-state index in [4.69, 9.17) is 28.4 Å². The van der Waals surface area contributed by atoms with Crippen LogP contribution in [0.3, 0.4) is 0 Å². The van der Waals surface area contributed by atoms with E-state index in [9.17, 15) is 43.2 Å². The lowest BCUT2D eigenvalue weighted by molar-refractivity contribution is -0.165. The molecular formula is C59H78N6O15. The van der Waals surface area contributed by atoms with Crippen molar-refractivity contribution >= 4 is 53.2 Å². The van der Waals surface area contributed by atoms with Gasteiger partial charge in [0, 0.05) is 40.3 Å². The Balaban J connectivity index is 1.46. The molecule has 2 aliphatic rings. The molecule has 2 N–H and O–H groups in total. The molecule has 21 nitrogen and oxygen atoms in total. The van der Waals surface area contributed by atoms with E-state index in [1.165, 1.54) is 72.0 Å². The summed E-state index contributed by atoms with van der Waals surface area (Å²) in [5.41, 5.74) is -0.525. The third-order valence-corrected chi connectivity index (χ3v) is 13.7. The number of esters is 2. The second-order valence-corrected chi connectivity index (χ2v) is 21.6. The lowest BCUT2D eigenvalue weighted by atomic mass is 9.87. The third kappa shape index (κ3) is 17.9. The number of nitrogens with zero attached hydrogens (tertiary/aromatic N) is 4. The van der Waals surface area contributed by atoms with E-state index in [1.54, 1.807) is 81.4 Å². The highest BCUT2D eigenvalue weighted by Gasteiger charge is 2.43. The molecule has 5 atom stereocenters. The number of benzene rings is 3. The molecule has 0 saturated carbocycles. The van der Waals surface area contributed by atoms with Gasteiger partial charge in [-0.25, -0.2) is 9.59 Å². The molecule has 0 aliphatic carbocycles. The van der Waals surface area contributed by atoms with Crippen LogP contribution >= 0.6 is 0 Å². The van der Waals surface area contributed by atoms with Crippen molar-refractivity contribution in [3.05, 3.63) is 102 Å². The molecule has 3 aromatic carbocycles. The summed E-state index contributed by atoms with van der Waals surface area (Å²) >= 11 is 0. The molecule has 0 spiro atoms. The number of fused-ring (bicyclic) bond motifs is 3. The number of nitrogens with one attached hydrogen (secondary N) is 2. The zero-order valence-corrected chi connectivity index (χ0v) is 47.9. The SMILES string of the molecule is COc1ccc(CC[C@H]2OC(=O)[C@@H]3CCCCN3C(=O)C(=O)C(C)(C)COC(=O)C=CCCN(C)C(=O)[C@H](C)NC(=O)[C@H](COC(C)(C)C)N(C)C(=O)C(c3ccccc3)NC(=O)CN(C)C(=O)COc3cccc2c3)cc1OC. The summed E-state index contributed by atoms with van der Waals surface area (Å²) in [5.74, 6) is -5.26. The smallest absolute Gasteiger partial charge is 0.330 e. The van der Waals surface area contributed by atoms with Crippen LogP contribution in [0.25, 0.3) is 0 Å². The predicted molar refractivity (Wildman–Crippen MR) is 294 cm³/mol. The van der Waals surface area contributed by atoms with Crippen molar-refractivity contribution in [1.82, 2.24) is 30.2 Å². The van der Waals surface area contributed by atoms with Crippen molar-refractivity contribution in [1.29, 1.82) is 0 Å². The van der Waals surface area contributed by atoms with Crippen LogP contribution in [0.5, 0.6) is 17.2 Å². The first-order valence-corrected chi connectivity index (χ1v) is 26.7. The monoisotopic (exact) mass is 1110 g/mol. The van der Waals surface area contributed by atoms with Crippen molar-refractivity contribution < 1.29 is 71.6 Å². The zero-order valence-electron chi connectivity index (χ0n) is 47.9. The summed E-state index contributed by atoms with van der Waals surface area (Å²) in [6, 6.07) is 15.6. The van der Waals surface area contributed by atoms with Crippen LogP contribution in [0.2, 0.25) is 0 Å². The number of rotatable bonds is 8. The van der Waals surface area contributed by atoms with E-state index in [2.05, 4.69) is 10.6 Å². The number of methoxy groups -OCH3 is 2. The Morgan fingerprint density at radius 2 is 1.46 bits per heavy atom. The third-order valence-electron chi connectivity index (χ3n) is 13.7. The second kappa shape index (κ2) is 28.9. The van der Waals surface area contributed by atoms with E-state index >= 15 is 0 Å². The minimum atomic E-state index is -1.49. The normalized spacial score (nSPS) is 22.5. The standard InChI is InChI=1S/C59H78N6O15/c1-38-54(71)62(7)30-17-16-25-50(68)78-37-59(5,6)52(69)56(73)65-31-18-15-24-43(65)57(74)80-45(28-26-39-27-29-46(75-10)47(32-39)76-11)41-22-19-23-42(33-41)77-36-49(67)63(8)34-48(66)61-51(40-20-13-12-14-21-40)55(72)64(9)44(53(70)60-38)35-79-58(2,3)4/h12-14,16,19-23,25,27,29,32-33,38,43-45,51H,15,17-18,24,26,28,30-31,34-37H2,1-11H3,(H,60,70)(H,61,66)/t38-,43-,44-,45+,51?/m0/s1. The lowest BCUT2D eigenvalue weighted by Crippen LogP contribution is -2.57. The van der Waals surface area contributed by atoms with Crippen molar-refractivity contribution in [3.8, 4) is 17.2 Å². The number of piperidine rings is 1. The molecule has 21 heteroatoms. The molecule has 2 aliphatic heterocycles. The molecule has 1 saturated heterocycles. The summed E-state index contributed by atoms with van der Waals surface area (Å²) in [6.45, 7) is 8.22. The van der Waals surface area contributed by atoms with Gasteiger partial charge in [-0.2, -0.15) is 0 Å². The number of cyclic esters (lactones) is 2. The van der Waals surface area contributed by atoms with Crippen molar-refractivity contribution in [3.63, 3.8) is 0 Å². The van der Waals surface area contributed by atoms with E-state index in [1.807, 2.05) is 12.1 Å².